The fraction of sp³-hybridized carbons (Fsp3) is 0.579. The van der Waals surface area contributed by atoms with Crippen molar-refractivity contribution in [3.05, 3.63) is 23.8 Å². The van der Waals surface area contributed by atoms with Gasteiger partial charge >= 0.3 is 6.09 Å². The van der Waals surface area contributed by atoms with Gasteiger partial charge in [-0.2, -0.15) is 0 Å². The summed E-state index contributed by atoms with van der Waals surface area (Å²) in [6, 6.07) is 5.30. The van der Waals surface area contributed by atoms with Crippen molar-refractivity contribution in [2.24, 2.45) is 0 Å². The highest BCUT2D eigenvalue weighted by molar-refractivity contribution is 5.79. The number of carbonyl (C=O) groups is 2. The highest BCUT2D eigenvalue weighted by Gasteiger charge is 2.20. The molecule has 0 aliphatic carbocycles. The summed E-state index contributed by atoms with van der Waals surface area (Å²) in [6.07, 6.45) is -0.232. The van der Waals surface area contributed by atoms with Crippen LogP contribution in [-0.2, 0) is 16.0 Å². The molecule has 7 nitrogen and oxygen atoms in total. The van der Waals surface area contributed by atoms with Crippen LogP contribution in [0.25, 0.3) is 0 Å². The summed E-state index contributed by atoms with van der Waals surface area (Å²) in [7, 11) is 1.72. The van der Waals surface area contributed by atoms with E-state index in [1.54, 1.807) is 32.7 Å². The third-order valence-electron chi connectivity index (χ3n) is 3.70. The molecule has 7 heteroatoms. The summed E-state index contributed by atoms with van der Waals surface area (Å²) in [5.74, 6) is 1.33. The van der Waals surface area contributed by atoms with Crippen LogP contribution in [-0.4, -0.2) is 55.3 Å². The molecular formula is C19H28N2O5. The Morgan fingerprint density at radius 1 is 1.23 bits per heavy atom. The second-order valence-corrected chi connectivity index (χ2v) is 7.48. The third kappa shape index (κ3) is 6.13. The Hall–Kier alpha value is -2.44. The second kappa shape index (κ2) is 8.29. The van der Waals surface area contributed by atoms with Gasteiger partial charge < -0.3 is 24.4 Å². The quantitative estimate of drug-likeness (QED) is 0.868. The Balaban J connectivity index is 1.84. The molecule has 1 heterocycles. The summed E-state index contributed by atoms with van der Waals surface area (Å²) >= 11 is 0. The van der Waals surface area contributed by atoms with E-state index < -0.39 is 11.7 Å². The molecule has 1 atom stereocenters. The van der Waals surface area contributed by atoms with Crippen LogP contribution < -0.4 is 14.8 Å². The molecule has 0 saturated carbocycles. The number of rotatable bonds is 5. The van der Waals surface area contributed by atoms with Crippen molar-refractivity contribution in [3.63, 3.8) is 0 Å². The van der Waals surface area contributed by atoms with Gasteiger partial charge in [-0.05, 0) is 45.4 Å². The summed E-state index contributed by atoms with van der Waals surface area (Å²) in [5, 5.41) is 2.74. The van der Waals surface area contributed by atoms with E-state index in [1.165, 1.54) is 0 Å². The summed E-state index contributed by atoms with van der Waals surface area (Å²) < 4.78 is 16.2. The summed E-state index contributed by atoms with van der Waals surface area (Å²) in [4.78, 5) is 25.8. The van der Waals surface area contributed by atoms with Gasteiger partial charge in [0, 0.05) is 19.6 Å². The molecule has 2 rings (SSSR count). The number of benzene rings is 1. The van der Waals surface area contributed by atoms with Crippen LogP contribution in [0.1, 0.15) is 33.3 Å². The minimum absolute atomic E-state index is 0.0421. The van der Waals surface area contributed by atoms with E-state index in [0.29, 0.717) is 31.3 Å². The third-order valence-corrected chi connectivity index (χ3v) is 3.70. The second-order valence-electron chi connectivity index (χ2n) is 7.48. The van der Waals surface area contributed by atoms with Gasteiger partial charge in [0.15, 0.2) is 11.5 Å². The summed E-state index contributed by atoms with van der Waals surface area (Å²) in [5.41, 5.74) is 0.308. The van der Waals surface area contributed by atoms with E-state index >= 15 is 0 Å². The lowest BCUT2D eigenvalue weighted by atomic mass is 10.1. The molecule has 1 unspecified atom stereocenters. The fourth-order valence-corrected chi connectivity index (χ4v) is 2.57. The van der Waals surface area contributed by atoms with Crippen LogP contribution in [0, 0.1) is 0 Å². The Morgan fingerprint density at radius 2 is 1.88 bits per heavy atom. The van der Waals surface area contributed by atoms with Crippen molar-refractivity contribution in [1.82, 2.24) is 10.2 Å². The van der Waals surface area contributed by atoms with E-state index in [9.17, 15) is 9.59 Å². The lowest BCUT2D eigenvalue weighted by Gasteiger charge is -2.25. The topological polar surface area (TPSA) is 77.1 Å². The standard InChI is InChI=1S/C19H28N2O5/c1-13(20-18(23)26-19(2,3)4)12-21(5)17(22)11-14-6-7-15-16(10-14)25-9-8-24-15/h6-7,10,13H,8-9,11-12H2,1-5H3,(H,20,23). The van der Waals surface area contributed by atoms with E-state index in [4.69, 9.17) is 14.2 Å². The number of hydrogen-bond donors (Lipinski definition) is 1. The number of nitrogens with one attached hydrogen (secondary N) is 1. The van der Waals surface area contributed by atoms with Crippen molar-refractivity contribution < 1.29 is 23.8 Å². The van der Waals surface area contributed by atoms with Crippen LogP contribution in [0.2, 0.25) is 0 Å². The maximum absolute atomic E-state index is 12.4. The number of ether oxygens (including phenoxy) is 3. The average Bonchev–Trinajstić information content (AvgIpc) is 2.52. The zero-order chi connectivity index (χ0) is 19.3. The Kier molecular flexibility index (Phi) is 6.34. The van der Waals surface area contributed by atoms with Crippen LogP contribution in [0.5, 0.6) is 11.5 Å². The molecule has 26 heavy (non-hydrogen) atoms. The van der Waals surface area contributed by atoms with Crippen LogP contribution in [0.15, 0.2) is 18.2 Å². The SMILES string of the molecule is CC(CN(C)C(=O)Cc1ccc2c(c1)OCCO2)NC(=O)OC(C)(C)C. The van der Waals surface area contributed by atoms with Gasteiger partial charge in [0.1, 0.15) is 18.8 Å². The molecule has 0 spiro atoms. The smallest absolute Gasteiger partial charge is 0.407 e. The molecule has 0 fully saturated rings. The molecule has 1 aliphatic heterocycles. The van der Waals surface area contributed by atoms with Crippen molar-refractivity contribution >= 4 is 12.0 Å². The predicted molar refractivity (Wildman–Crippen MR) is 97.6 cm³/mol. The first-order valence-corrected chi connectivity index (χ1v) is 8.76. The molecular weight excluding hydrogens is 336 g/mol. The highest BCUT2D eigenvalue weighted by atomic mass is 16.6. The van der Waals surface area contributed by atoms with Crippen LogP contribution in [0.3, 0.4) is 0 Å². The van der Waals surface area contributed by atoms with Gasteiger partial charge in [-0.25, -0.2) is 4.79 Å². The van der Waals surface area contributed by atoms with Gasteiger partial charge in [-0.3, -0.25) is 4.79 Å². The number of carbonyl (C=O) groups excluding carboxylic acids is 2. The van der Waals surface area contributed by atoms with Crippen molar-refractivity contribution in [2.75, 3.05) is 26.8 Å². The summed E-state index contributed by atoms with van der Waals surface area (Å²) in [6.45, 7) is 8.69. The Bertz CT molecular complexity index is 654. The predicted octanol–water partition coefficient (Wildman–Crippen LogP) is 2.37. The molecule has 1 N–H and O–H groups in total. The number of amides is 2. The number of fused-ring (bicyclic) bond motifs is 1. The first-order valence-electron chi connectivity index (χ1n) is 8.76. The average molecular weight is 364 g/mol. The maximum Gasteiger partial charge on any atom is 0.407 e. The Labute approximate surface area is 154 Å². The minimum atomic E-state index is -0.552. The molecule has 0 radical (unpaired) electrons. The van der Waals surface area contributed by atoms with E-state index in [1.807, 2.05) is 25.1 Å². The normalized spacial score (nSPS) is 14.3. The molecule has 1 aliphatic rings. The van der Waals surface area contributed by atoms with Crippen LogP contribution in [0.4, 0.5) is 4.79 Å². The number of alkyl carbamates (subject to hydrolysis) is 1. The molecule has 0 bridgehead atoms. The Morgan fingerprint density at radius 3 is 2.54 bits per heavy atom. The molecule has 2 amide bonds. The molecule has 1 aromatic rings. The lowest BCUT2D eigenvalue weighted by molar-refractivity contribution is -0.129. The number of likely N-dealkylation sites (N-methyl/N-ethyl adjacent to an activating group) is 1. The van der Waals surface area contributed by atoms with Crippen LogP contribution >= 0.6 is 0 Å². The number of hydrogen-bond acceptors (Lipinski definition) is 5. The van der Waals surface area contributed by atoms with Gasteiger partial charge in [-0.1, -0.05) is 6.07 Å². The van der Waals surface area contributed by atoms with Crippen molar-refractivity contribution in [3.8, 4) is 11.5 Å². The highest BCUT2D eigenvalue weighted by Crippen LogP contribution is 2.30. The molecule has 1 aromatic carbocycles. The van der Waals surface area contributed by atoms with Gasteiger partial charge in [0.05, 0.1) is 6.42 Å². The van der Waals surface area contributed by atoms with E-state index in [-0.39, 0.29) is 18.4 Å². The molecule has 0 saturated heterocycles. The van der Waals surface area contributed by atoms with Crippen molar-refractivity contribution in [1.29, 1.82) is 0 Å². The largest absolute Gasteiger partial charge is 0.486 e. The minimum Gasteiger partial charge on any atom is -0.486 e. The van der Waals surface area contributed by atoms with Gasteiger partial charge in [-0.15, -0.1) is 0 Å². The zero-order valence-electron chi connectivity index (χ0n) is 16.1. The number of nitrogens with zero attached hydrogens (tertiary/aromatic N) is 1. The molecule has 144 valence electrons. The lowest BCUT2D eigenvalue weighted by Crippen LogP contribution is -2.44. The van der Waals surface area contributed by atoms with E-state index in [2.05, 4.69) is 5.32 Å². The maximum atomic E-state index is 12.4. The van der Waals surface area contributed by atoms with E-state index in [0.717, 1.165) is 5.56 Å². The first-order chi connectivity index (χ1) is 12.1. The monoisotopic (exact) mass is 364 g/mol. The first kappa shape index (κ1) is 19.9. The van der Waals surface area contributed by atoms with Gasteiger partial charge in [0.25, 0.3) is 0 Å². The van der Waals surface area contributed by atoms with Crippen molar-refractivity contribution in [2.45, 2.75) is 45.8 Å². The molecule has 0 aromatic heterocycles. The van der Waals surface area contributed by atoms with Gasteiger partial charge in [0.2, 0.25) is 5.91 Å². The zero-order valence-corrected chi connectivity index (χ0v) is 16.1. The fourth-order valence-electron chi connectivity index (χ4n) is 2.57.